The molecule has 7 nitrogen and oxygen atoms in total. The topological polar surface area (TPSA) is 88.4 Å². The molecule has 0 fully saturated rings. The number of rotatable bonds is 7. The molecule has 2 aliphatic heterocycles. The molecule has 2 heterocycles. The number of amides is 1. The largest absolute Gasteiger partial charge is 0.496 e. The summed E-state index contributed by atoms with van der Waals surface area (Å²) >= 11 is 0. The van der Waals surface area contributed by atoms with Crippen LogP contribution < -0.4 is 9.64 Å². The van der Waals surface area contributed by atoms with Crippen molar-refractivity contribution in [2.24, 2.45) is 4.99 Å². The van der Waals surface area contributed by atoms with E-state index >= 15 is 0 Å². The van der Waals surface area contributed by atoms with E-state index in [1.54, 1.807) is 18.1 Å². The van der Waals surface area contributed by atoms with E-state index in [1.807, 2.05) is 36.5 Å². The Bertz CT molecular complexity index is 985. The normalized spacial score (nSPS) is 16.8. The SMILES string of the molecule is COc1cc2c(cc1COCCCC(=O)O)N=C[C@@H]1Cc3ccccc3N1C2=O. The Hall–Kier alpha value is -3.19. The Morgan fingerprint density at radius 1 is 1.31 bits per heavy atom. The molecular formula is C22H22N2O5. The zero-order valence-electron chi connectivity index (χ0n) is 16.1. The molecular weight excluding hydrogens is 372 g/mol. The quantitative estimate of drug-likeness (QED) is 0.728. The van der Waals surface area contributed by atoms with Crippen LogP contribution in [0.3, 0.4) is 0 Å². The molecule has 29 heavy (non-hydrogen) atoms. The third-order valence-corrected chi connectivity index (χ3v) is 5.18. The Balaban J connectivity index is 1.59. The lowest BCUT2D eigenvalue weighted by molar-refractivity contribution is -0.137. The first-order chi connectivity index (χ1) is 14.1. The molecule has 2 aliphatic rings. The number of carbonyl (C=O) groups excluding carboxylic acids is 1. The number of carboxylic acid groups (broad SMARTS) is 1. The van der Waals surface area contributed by atoms with Crippen LogP contribution in [0.1, 0.15) is 34.3 Å². The molecule has 0 saturated carbocycles. The maximum absolute atomic E-state index is 13.3. The second-order valence-electron chi connectivity index (χ2n) is 7.08. The number of aliphatic carboxylic acids is 1. The van der Waals surface area contributed by atoms with Crippen molar-refractivity contribution in [3.8, 4) is 5.75 Å². The van der Waals surface area contributed by atoms with Crippen molar-refractivity contribution < 1.29 is 24.2 Å². The van der Waals surface area contributed by atoms with Gasteiger partial charge in [0.2, 0.25) is 0 Å². The smallest absolute Gasteiger partial charge is 0.303 e. The predicted octanol–water partition coefficient (Wildman–Crippen LogP) is 3.36. The fourth-order valence-corrected chi connectivity index (χ4v) is 3.79. The number of fused-ring (bicyclic) bond motifs is 4. The van der Waals surface area contributed by atoms with Crippen molar-refractivity contribution in [1.82, 2.24) is 0 Å². The van der Waals surface area contributed by atoms with E-state index in [-0.39, 0.29) is 25.0 Å². The van der Waals surface area contributed by atoms with E-state index in [0.29, 0.717) is 30.0 Å². The number of benzene rings is 2. The van der Waals surface area contributed by atoms with E-state index in [1.165, 1.54) is 0 Å². The summed E-state index contributed by atoms with van der Waals surface area (Å²) in [5, 5.41) is 8.70. The van der Waals surface area contributed by atoms with Crippen molar-refractivity contribution in [3.63, 3.8) is 0 Å². The fraction of sp³-hybridized carbons (Fsp3) is 0.318. The molecule has 1 amide bonds. The summed E-state index contributed by atoms with van der Waals surface area (Å²) in [7, 11) is 1.55. The number of carboxylic acids is 1. The lowest BCUT2D eigenvalue weighted by Gasteiger charge is -2.22. The van der Waals surface area contributed by atoms with Crippen molar-refractivity contribution in [2.45, 2.75) is 31.9 Å². The molecule has 7 heteroatoms. The van der Waals surface area contributed by atoms with Gasteiger partial charge < -0.3 is 14.6 Å². The van der Waals surface area contributed by atoms with Crippen LogP contribution in [-0.4, -0.2) is 43.0 Å². The van der Waals surface area contributed by atoms with Crippen molar-refractivity contribution in [2.75, 3.05) is 18.6 Å². The van der Waals surface area contributed by atoms with Gasteiger partial charge in [0.1, 0.15) is 5.75 Å². The average molecular weight is 394 g/mol. The minimum absolute atomic E-state index is 0.0683. The van der Waals surface area contributed by atoms with Crippen LogP contribution in [0, 0.1) is 0 Å². The lowest BCUT2D eigenvalue weighted by atomic mass is 10.1. The van der Waals surface area contributed by atoms with Gasteiger partial charge in [0.05, 0.1) is 31.0 Å². The predicted molar refractivity (Wildman–Crippen MR) is 108 cm³/mol. The summed E-state index contributed by atoms with van der Waals surface area (Å²) in [6.07, 6.45) is 3.08. The molecule has 4 rings (SSSR count). The Morgan fingerprint density at radius 3 is 2.93 bits per heavy atom. The zero-order chi connectivity index (χ0) is 20.4. The summed E-state index contributed by atoms with van der Waals surface area (Å²) < 4.78 is 11.1. The molecule has 2 aromatic rings. The van der Waals surface area contributed by atoms with Crippen molar-refractivity contribution in [3.05, 3.63) is 53.1 Å². The van der Waals surface area contributed by atoms with Gasteiger partial charge in [0.15, 0.2) is 0 Å². The molecule has 150 valence electrons. The summed E-state index contributed by atoms with van der Waals surface area (Å²) in [4.78, 5) is 30.3. The third kappa shape index (κ3) is 3.73. The second kappa shape index (κ2) is 8.05. The van der Waals surface area contributed by atoms with E-state index < -0.39 is 5.97 Å². The second-order valence-corrected chi connectivity index (χ2v) is 7.08. The lowest BCUT2D eigenvalue weighted by Crippen LogP contribution is -2.37. The van der Waals surface area contributed by atoms with E-state index in [4.69, 9.17) is 14.6 Å². The molecule has 0 bridgehead atoms. The minimum Gasteiger partial charge on any atom is -0.496 e. The van der Waals surface area contributed by atoms with Crippen LogP contribution in [0.15, 0.2) is 41.4 Å². The highest BCUT2D eigenvalue weighted by atomic mass is 16.5. The van der Waals surface area contributed by atoms with Gasteiger partial charge in [-0.05, 0) is 30.2 Å². The number of hydrogen-bond acceptors (Lipinski definition) is 5. The summed E-state index contributed by atoms with van der Waals surface area (Å²) in [6.45, 7) is 0.594. The number of nitrogens with zero attached hydrogens (tertiary/aromatic N) is 2. The molecule has 1 N–H and O–H groups in total. The number of carbonyl (C=O) groups is 2. The highest BCUT2D eigenvalue weighted by Crippen LogP contribution is 2.38. The van der Waals surface area contributed by atoms with Crippen molar-refractivity contribution in [1.29, 1.82) is 0 Å². The van der Waals surface area contributed by atoms with Gasteiger partial charge in [-0.1, -0.05) is 18.2 Å². The molecule has 0 aliphatic carbocycles. The minimum atomic E-state index is -0.841. The van der Waals surface area contributed by atoms with Crippen LogP contribution in [0.2, 0.25) is 0 Å². The van der Waals surface area contributed by atoms with Gasteiger partial charge in [-0.15, -0.1) is 0 Å². The summed E-state index contributed by atoms with van der Waals surface area (Å²) in [6, 6.07) is 11.3. The summed E-state index contributed by atoms with van der Waals surface area (Å²) in [5.74, 6) is -0.387. The average Bonchev–Trinajstić information content (AvgIpc) is 3.03. The number of methoxy groups -OCH3 is 1. The standard InChI is InChI=1S/C22H22N2O5/c1-28-20-11-17-18(10-15(20)13-29-8-4-7-21(25)26)23-12-16-9-14-5-2-3-6-19(14)24(16)22(17)27/h2-3,5-6,10-12,16H,4,7-9,13H2,1H3,(H,25,26)/t16-/m0/s1. The number of hydrogen-bond donors (Lipinski definition) is 1. The van der Waals surface area contributed by atoms with Gasteiger partial charge in [-0.3, -0.25) is 19.5 Å². The van der Waals surface area contributed by atoms with E-state index in [9.17, 15) is 9.59 Å². The number of anilines is 1. The molecule has 1 atom stereocenters. The highest BCUT2D eigenvalue weighted by molar-refractivity contribution is 6.14. The highest BCUT2D eigenvalue weighted by Gasteiger charge is 2.36. The maximum atomic E-state index is 13.3. The van der Waals surface area contributed by atoms with E-state index in [0.717, 1.165) is 23.2 Å². The van der Waals surface area contributed by atoms with Gasteiger partial charge in [0.25, 0.3) is 5.91 Å². The molecule has 2 aromatic carbocycles. The van der Waals surface area contributed by atoms with Crippen LogP contribution in [0.5, 0.6) is 5.75 Å². The number of aliphatic imine (C=N–C) groups is 1. The van der Waals surface area contributed by atoms with Gasteiger partial charge in [-0.25, -0.2) is 0 Å². The van der Waals surface area contributed by atoms with Crippen LogP contribution in [0.25, 0.3) is 0 Å². The van der Waals surface area contributed by atoms with Crippen LogP contribution >= 0.6 is 0 Å². The Kier molecular flexibility index (Phi) is 5.31. The number of ether oxygens (including phenoxy) is 2. The molecule has 0 spiro atoms. The fourth-order valence-electron chi connectivity index (χ4n) is 3.79. The molecule has 0 radical (unpaired) electrons. The Morgan fingerprint density at radius 2 is 2.14 bits per heavy atom. The first kappa shape index (κ1) is 19.1. The molecule has 0 saturated heterocycles. The first-order valence-corrected chi connectivity index (χ1v) is 9.54. The monoisotopic (exact) mass is 394 g/mol. The van der Waals surface area contributed by atoms with Gasteiger partial charge >= 0.3 is 5.97 Å². The van der Waals surface area contributed by atoms with Crippen molar-refractivity contribution >= 4 is 29.5 Å². The summed E-state index contributed by atoms with van der Waals surface area (Å²) in [5.41, 5.74) is 3.92. The third-order valence-electron chi connectivity index (χ3n) is 5.18. The number of para-hydroxylation sites is 1. The zero-order valence-corrected chi connectivity index (χ0v) is 16.1. The van der Waals surface area contributed by atoms with E-state index in [2.05, 4.69) is 4.99 Å². The van der Waals surface area contributed by atoms with Crippen LogP contribution in [-0.2, 0) is 22.6 Å². The first-order valence-electron chi connectivity index (χ1n) is 9.54. The van der Waals surface area contributed by atoms with Gasteiger partial charge in [0, 0.05) is 36.9 Å². The van der Waals surface area contributed by atoms with Crippen LogP contribution in [0.4, 0.5) is 11.4 Å². The molecule has 0 aromatic heterocycles. The molecule has 0 unspecified atom stereocenters. The van der Waals surface area contributed by atoms with Gasteiger partial charge in [-0.2, -0.15) is 0 Å². The Labute approximate surface area is 168 Å². The maximum Gasteiger partial charge on any atom is 0.303 e.